The molecule has 0 fully saturated rings. The van der Waals surface area contributed by atoms with E-state index >= 15 is 0 Å². The van der Waals surface area contributed by atoms with Gasteiger partial charge in [0.15, 0.2) is 0 Å². The van der Waals surface area contributed by atoms with Crippen molar-refractivity contribution in [2.75, 3.05) is 5.32 Å². The molecule has 2 atom stereocenters. The van der Waals surface area contributed by atoms with Crippen molar-refractivity contribution < 1.29 is 9.21 Å². The minimum Gasteiger partial charge on any atom is -0.414 e. The summed E-state index contributed by atoms with van der Waals surface area (Å²) in [7, 11) is 0. The number of nitrogens with one attached hydrogen (secondary N) is 1. The highest BCUT2D eigenvalue weighted by molar-refractivity contribution is 8.00. The molecule has 0 radical (unpaired) electrons. The largest absolute Gasteiger partial charge is 0.414 e. The lowest BCUT2D eigenvalue weighted by atomic mass is 9.97. The van der Waals surface area contributed by atoms with Gasteiger partial charge in [-0.2, -0.15) is 5.10 Å². The van der Waals surface area contributed by atoms with E-state index in [2.05, 4.69) is 45.5 Å². The van der Waals surface area contributed by atoms with Crippen molar-refractivity contribution in [1.82, 2.24) is 25.0 Å². The van der Waals surface area contributed by atoms with Gasteiger partial charge in [-0.05, 0) is 30.9 Å². The molecule has 1 N–H and O–H groups in total. The summed E-state index contributed by atoms with van der Waals surface area (Å²) in [6.45, 7) is 6.44. The number of carbonyl (C=O) groups is 1. The van der Waals surface area contributed by atoms with E-state index in [-0.39, 0.29) is 11.2 Å². The van der Waals surface area contributed by atoms with Crippen molar-refractivity contribution in [3.8, 4) is 0 Å². The Labute approximate surface area is 161 Å². The van der Waals surface area contributed by atoms with Gasteiger partial charge in [0.1, 0.15) is 19.2 Å². The van der Waals surface area contributed by atoms with Gasteiger partial charge in [0.2, 0.25) is 11.8 Å². The van der Waals surface area contributed by atoms with Crippen LogP contribution in [0.2, 0.25) is 0 Å². The number of hydrogen-bond acceptors (Lipinski definition) is 7. The molecular weight excluding hydrogens is 364 g/mol. The van der Waals surface area contributed by atoms with Crippen LogP contribution in [0.25, 0.3) is 0 Å². The Hall–Kier alpha value is -2.68. The SMILES string of the molecule is CCC(C)c1ccccc1NC(=O)C(C)Sc1nnc(Cn2cncn2)o1. The van der Waals surface area contributed by atoms with Gasteiger partial charge < -0.3 is 9.73 Å². The first kappa shape index (κ1) is 19.1. The first-order valence-corrected chi connectivity index (χ1v) is 9.66. The Morgan fingerprint density at radius 2 is 2.11 bits per heavy atom. The van der Waals surface area contributed by atoms with E-state index in [0.29, 0.717) is 23.6 Å². The molecule has 0 saturated heterocycles. The lowest BCUT2D eigenvalue weighted by molar-refractivity contribution is -0.115. The molecule has 1 amide bonds. The molecular formula is C18H22N6O2S. The van der Waals surface area contributed by atoms with E-state index in [1.54, 1.807) is 11.0 Å². The molecule has 0 aliphatic heterocycles. The van der Waals surface area contributed by atoms with Crippen LogP contribution < -0.4 is 5.32 Å². The summed E-state index contributed by atoms with van der Waals surface area (Å²) >= 11 is 1.23. The second-order valence-electron chi connectivity index (χ2n) is 6.20. The third kappa shape index (κ3) is 4.94. The van der Waals surface area contributed by atoms with Gasteiger partial charge in [-0.1, -0.05) is 43.8 Å². The molecule has 3 aromatic rings. The highest BCUT2D eigenvalue weighted by Gasteiger charge is 2.20. The van der Waals surface area contributed by atoms with E-state index < -0.39 is 0 Å². The highest BCUT2D eigenvalue weighted by atomic mass is 32.2. The standard InChI is InChI=1S/C18H22N6O2S/c1-4-12(2)14-7-5-6-8-15(14)21-17(25)13(3)27-18-23-22-16(26-18)9-24-11-19-10-20-24/h5-8,10-13H,4,9H2,1-3H3,(H,21,25). The predicted molar refractivity (Wildman–Crippen MR) is 103 cm³/mol. The predicted octanol–water partition coefficient (Wildman–Crippen LogP) is 3.34. The molecule has 2 unspecified atom stereocenters. The molecule has 2 aromatic heterocycles. The number of hydrogen-bond donors (Lipinski definition) is 1. The number of benzene rings is 1. The lowest BCUT2D eigenvalue weighted by Crippen LogP contribution is -2.23. The fourth-order valence-electron chi connectivity index (χ4n) is 2.50. The Balaban J connectivity index is 1.61. The quantitative estimate of drug-likeness (QED) is 0.593. The van der Waals surface area contributed by atoms with Crippen molar-refractivity contribution in [2.45, 2.75) is 50.1 Å². The molecule has 2 heterocycles. The Kier molecular flexibility index (Phi) is 6.23. The lowest BCUT2D eigenvalue weighted by Gasteiger charge is -2.17. The Morgan fingerprint density at radius 1 is 1.30 bits per heavy atom. The van der Waals surface area contributed by atoms with Crippen molar-refractivity contribution in [1.29, 1.82) is 0 Å². The maximum atomic E-state index is 12.6. The number of anilines is 1. The van der Waals surface area contributed by atoms with Gasteiger partial charge in [-0.25, -0.2) is 9.67 Å². The van der Waals surface area contributed by atoms with Crippen LogP contribution in [0.4, 0.5) is 5.69 Å². The number of thioether (sulfide) groups is 1. The number of para-hydroxylation sites is 1. The smallest absolute Gasteiger partial charge is 0.277 e. The number of aromatic nitrogens is 5. The van der Waals surface area contributed by atoms with Crippen molar-refractivity contribution in [3.63, 3.8) is 0 Å². The van der Waals surface area contributed by atoms with Gasteiger partial charge in [0.25, 0.3) is 5.22 Å². The third-order valence-electron chi connectivity index (χ3n) is 4.22. The first-order chi connectivity index (χ1) is 13.1. The van der Waals surface area contributed by atoms with Gasteiger partial charge in [-0.15, -0.1) is 10.2 Å². The number of amides is 1. The molecule has 8 nitrogen and oxygen atoms in total. The number of carbonyl (C=O) groups excluding carboxylic acids is 1. The summed E-state index contributed by atoms with van der Waals surface area (Å²) < 4.78 is 7.17. The fourth-order valence-corrected chi connectivity index (χ4v) is 3.20. The van der Waals surface area contributed by atoms with Crippen LogP contribution in [0.3, 0.4) is 0 Å². The van der Waals surface area contributed by atoms with E-state index in [9.17, 15) is 4.79 Å². The van der Waals surface area contributed by atoms with Gasteiger partial charge in [0.05, 0.1) is 5.25 Å². The van der Waals surface area contributed by atoms with Crippen LogP contribution in [0.5, 0.6) is 0 Å². The number of nitrogens with zero attached hydrogens (tertiary/aromatic N) is 5. The van der Waals surface area contributed by atoms with Crippen molar-refractivity contribution in [3.05, 3.63) is 48.4 Å². The summed E-state index contributed by atoms with van der Waals surface area (Å²) in [5, 5.41) is 14.9. The molecule has 142 valence electrons. The summed E-state index contributed by atoms with van der Waals surface area (Å²) in [5.74, 6) is 0.684. The zero-order valence-electron chi connectivity index (χ0n) is 15.5. The van der Waals surface area contributed by atoms with Crippen LogP contribution >= 0.6 is 11.8 Å². The molecule has 27 heavy (non-hydrogen) atoms. The molecule has 0 aliphatic rings. The monoisotopic (exact) mass is 386 g/mol. The summed E-state index contributed by atoms with van der Waals surface area (Å²) in [6.07, 6.45) is 4.02. The minimum atomic E-state index is -0.380. The van der Waals surface area contributed by atoms with Gasteiger partial charge in [0, 0.05) is 5.69 Å². The maximum absolute atomic E-state index is 12.6. The summed E-state index contributed by atoms with van der Waals surface area (Å²) in [5.41, 5.74) is 1.99. The molecule has 0 saturated carbocycles. The molecule has 3 rings (SSSR count). The second kappa shape index (κ2) is 8.81. The second-order valence-corrected chi connectivity index (χ2v) is 7.49. The fraction of sp³-hybridized carbons (Fsp3) is 0.389. The van der Waals surface area contributed by atoms with Crippen LogP contribution in [0.15, 0.2) is 46.6 Å². The molecule has 0 spiro atoms. The Morgan fingerprint density at radius 3 is 2.85 bits per heavy atom. The summed E-state index contributed by atoms with van der Waals surface area (Å²) in [4.78, 5) is 16.5. The van der Waals surface area contributed by atoms with Crippen molar-refractivity contribution >= 4 is 23.4 Å². The summed E-state index contributed by atoms with van der Waals surface area (Å²) in [6, 6.07) is 7.90. The molecule has 9 heteroatoms. The van der Waals surface area contributed by atoms with Gasteiger partial charge >= 0.3 is 0 Å². The van der Waals surface area contributed by atoms with Crippen LogP contribution in [-0.2, 0) is 11.3 Å². The normalized spacial score (nSPS) is 13.3. The van der Waals surface area contributed by atoms with E-state index in [0.717, 1.165) is 17.7 Å². The zero-order valence-corrected chi connectivity index (χ0v) is 16.3. The maximum Gasteiger partial charge on any atom is 0.277 e. The topological polar surface area (TPSA) is 98.7 Å². The number of rotatable bonds is 8. The van der Waals surface area contributed by atoms with Crippen LogP contribution in [-0.4, -0.2) is 36.1 Å². The minimum absolute atomic E-state index is 0.105. The average Bonchev–Trinajstić information content (AvgIpc) is 3.34. The van der Waals surface area contributed by atoms with Crippen LogP contribution in [0, 0.1) is 0 Å². The van der Waals surface area contributed by atoms with E-state index in [4.69, 9.17) is 4.42 Å². The van der Waals surface area contributed by atoms with Gasteiger partial charge in [-0.3, -0.25) is 4.79 Å². The first-order valence-electron chi connectivity index (χ1n) is 8.78. The molecule has 0 bridgehead atoms. The molecule has 1 aromatic carbocycles. The zero-order chi connectivity index (χ0) is 19.2. The van der Waals surface area contributed by atoms with Crippen molar-refractivity contribution in [2.24, 2.45) is 0 Å². The Bertz CT molecular complexity index is 880. The average molecular weight is 386 g/mol. The van der Waals surface area contributed by atoms with E-state index in [1.807, 2.05) is 25.1 Å². The molecule has 0 aliphatic carbocycles. The van der Waals surface area contributed by atoms with E-state index in [1.165, 1.54) is 18.1 Å². The third-order valence-corrected chi connectivity index (χ3v) is 5.16. The van der Waals surface area contributed by atoms with Crippen LogP contribution in [0.1, 0.15) is 44.6 Å². The highest BCUT2D eigenvalue weighted by Crippen LogP contribution is 2.28.